The zero-order valence-corrected chi connectivity index (χ0v) is 14.8. The summed E-state index contributed by atoms with van der Waals surface area (Å²) in [5.41, 5.74) is 0.900. The number of carbonyl (C=O) groups excluding carboxylic acids is 1. The third kappa shape index (κ3) is 3.56. The molecule has 2 heterocycles. The lowest BCUT2D eigenvalue weighted by Crippen LogP contribution is -2.14. The first kappa shape index (κ1) is 16.8. The Morgan fingerprint density at radius 3 is 2.46 bits per heavy atom. The molecule has 3 aromatic rings. The van der Waals surface area contributed by atoms with Crippen LogP contribution in [0.4, 0.5) is 5.82 Å². The van der Waals surface area contributed by atoms with E-state index in [0.29, 0.717) is 22.4 Å². The molecule has 9 heteroatoms. The molecule has 1 N–H and O–H groups in total. The largest absolute Gasteiger partial charge is 0.304 e. The van der Waals surface area contributed by atoms with Crippen molar-refractivity contribution in [3.8, 4) is 0 Å². The van der Waals surface area contributed by atoms with Crippen molar-refractivity contribution in [1.82, 2.24) is 19.6 Å². The van der Waals surface area contributed by atoms with E-state index in [9.17, 15) is 4.79 Å². The number of aromatic nitrogens is 4. The quantitative estimate of drug-likeness (QED) is 0.742. The highest BCUT2D eigenvalue weighted by Crippen LogP contribution is 2.25. The van der Waals surface area contributed by atoms with E-state index in [0.717, 1.165) is 5.56 Å². The third-order valence-electron chi connectivity index (χ3n) is 3.26. The Morgan fingerprint density at radius 1 is 1.12 bits per heavy atom. The number of anilines is 1. The first-order valence-corrected chi connectivity index (χ1v) is 8.04. The molecule has 0 atom stereocenters. The fourth-order valence-electron chi connectivity index (χ4n) is 2.15. The van der Waals surface area contributed by atoms with Gasteiger partial charge in [-0.2, -0.15) is 10.2 Å². The van der Waals surface area contributed by atoms with Crippen LogP contribution >= 0.6 is 34.8 Å². The summed E-state index contributed by atoms with van der Waals surface area (Å²) in [6.07, 6.45) is 3.27. The van der Waals surface area contributed by atoms with Gasteiger partial charge in [0.05, 0.1) is 11.6 Å². The second-order valence-corrected chi connectivity index (χ2v) is 6.27. The smallest absolute Gasteiger partial charge is 0.278 e. The number of carbonyl (C=O) groups is 1. The lowest BCUT2D eigenvalue weighted by atomic mass is 10.2. The van der Waals surface area contributed by atoms with Gasteiger partial charge in [-0.25, -0.2) is 0 Å². The van der Waals surface area contributed by atoms with E-state index in [1.54, 1.807) is 48.4 Å². The first-order chi connectivity index (χ1) is 11.4. The highest BCUT2D eigenvalue weighted by atomic mass is 35.5. The highest BCUT2D eigenvalue weighted by molar-refractivity contribution is 6.36. The van der Waals surface area contributed by atoms with E-state index in [-0.39, 0.29) is 10.7 Å². The van der Waals surface area contributed by atoms with Gasteiger partial charge in [-0.3, -0.25) is 14.2 Å². The molecule has 1 amide bonds. The van der Waals surface area contributed by atoms with Crippen molar-refractivity contribution in [1.29, 1.82) is 0 Å². The molecule has 1 aromatic carbocycles. The van der Waals surface area contributed by atoms with Gasteiger partial charge in [0.15, 0.2) is 11.5 Å². The topological polar surface area (TPSA) is 64.7 Å². The molecule has 6 nitrogen and oxygen atoms in total. The molecule has 0 aliphatic carbocycles. The molecule has 0 spiro atoms. The molecule has 3 rings (SSSR count). The minimum atomic E-state index is -0.429. The standard InChI is InChI=1S/C15H12Cl3N5O/c1-22-8-12(18)14(21-22)15(24)19-13-5-6-23(20-13)7-9-10(16)3-2-4-11(9)17/h2-6,8H,7H2,1H3,(H,19,20,24). The first-order valence-electron chi connectivity index (χ1n) is 6.91. The van der Waals surface area contributed by atoms with Crippen molar-refractivity contribution in [3.63, 3.8) is 0 Å². The maximum absolute atomic E-state index is 12.2. The van der Waals surface area contributed by atoms with Crippen molar-refractivity contribution in [2.45, 2.75) is 6.54 Å². The average molecular weight is 385 g/mol. The molecular formula is C15H12Cl3N5O. The van der Waals surface area contributed by atoms with Crippen LogP contribution in [0.3, 0.4) is 0 Å². The number of aryl methyl sites for hydroxylation is 1. The highest BCUT2D eigenvalue weighted by Gasteiger charge is 2.16. The monoisotopic (exact) mass is 383 g/mol. The summed E-state index contributed by atoms with van der Waals surface area (Å²) in [6, 6.07) is 6.97. The Kier molecular flexibility index (Phi) is 4.80. The van der Waals surface area contributed by atoms with Crippen LogP contribution in [0.5, 0.6) is 0 Å². The number of halogens is 3. The predicted molar refractivity (Wildman–Crippen MR) is 94.0 cm³/mol. The van der Waals surface area contributed by atoms with Crippen molar-refractivity contribution in [3.05, 3.63) is 63.0 Å². The van der Waals surface area contributed by atoms with Crippen molar-refractivity contribution in [2.75, 3.05) is 5.32 Å². The maximum atomic E-state index is 12.2. The van der Waals surface area contributed by atoms with Crippen molar-refractivity contribution < 1.29 is 4.79 Å². The summed E-state index contributed by atoms with van der Waals surface area (Å²) in [5.74, 6) is -0.0495. The van der Waals surface area contributed by atoms with E-state index >= 15 is 0 Å². The van der Waals surface area contributed by atoms with Crippen LogP contribution in [0.2, 0.25) is 15.1 Å². The number of nitrogens with zero attached hydrogens (tertiary/aromatic N) is 4. The normalized spacial score (nSPS) is 10.8. The summed E-state index contributed by atoms with van der Waals surface area (Å²) in [5, 5.41) is 12.3. The van der Waals surface area contributed by atoms with Crippen LogP contribution in [-0.4, -0.2) is 25.5 Å². The van der Waals surface area contributed by atoms with E-state index in [1.807, 2.05) is 0 Å². The minimum Gasteiger partial charge on any atom is -0.304 e. The van der Waals surface area contributed by atoms with E-state index < -0.39 is 5.91 Å². The fraction of sp³-hybridized carbons (Fsp3) is 0.133. The van der Waals surface area contributed by atoms with E-state index in [1.165, 1.54) is 4.68 Å². The number of benzene rings is 1. The summed E-state index contributed by atoms with van der Waals surface area (Å²) in [4.78, 5) is 12.2. The molecule has 0 bridgehead atoms. The molecule has 0 aliphatic heterocycles. The predicted octanol–water partition coefficient (Wildman–Crippen LogP) is 3.88. The van der Waals surface area contributed by atoms with Crippen LogP contribution in [-0.2, 0) is 13.6 Å². The number of nitrogens with one attached hydrogen (secondary N) is 1. The van der Waals surface area contributed by atoms with Gasteiger partial charge in [0.2, 0.25) is 0 Å². The molecule has 0 fully saturated rings. The van der Waals surface area contributed by atoms with Gasteiger partial charge in [-0.15, -0.1) is 0 Å². The van der Waals surface area contributed by atoms with Crippen LogP contribution in [0.1, 0.15) is 16.1 Å². The van der Waals surface area contributed by atoms with E-state index in [4.69, 9.17) is 34.8 Å². The summed E-state index contributed by atoms with van der Waals surface area (Å²) in [6.45, 7) is 0.388. The number of rotatable bonds is 4. The Balaban J connectivity index is 1.74. The lowest BCUT2D eigenvalue weighted by Gasteiger charge is -2.07. The average Bonchev–Trinajstić information content (AvgIpc) is 3.09. The number of hydrogen-bond donors (Lipinski definition) is 1. The second kappa shape index (κ2) is 6.84. The number of hydrogen-bond acceptors (Lipinski definition) is 3. The molecule has 24 heavy (non-hydrogen) atoms. The summed E-state index contributed by atoms with van der Waals surface area (Å²) in [7, 11) is 1.69. The molecule has 0 aliphatic rings. The Morgan fingerprint density at radius 2 is 1.83 bits per heavy atom. The Labute approximate surface area is 152 Å². The van der Waals surface area contributed by atoms with Crippen molar-refractivity contribution in [2.24, 2.45) is 7.05 Å². The molecular weight excluding hydrogens is 373 g/mol. The fourth-order valence-corrected chi connectivity index (χ4v) is 2.93. The lowest BCUT2D eigenvalue weighted by molar-refractivity contribution is 0.102. The molecule has 124 valence electrons. The van der Waals surface area contributed by atoms with Gasteiger partial charge in [0.1, 0.15) is 0 Å². The van der Waals surface area contributed by atoms with Crippen molar-refractivity contribution >= 4 is 46.5 Å². The van der Waals surface area contributed by atoms with Crippen LogP contribution in [0.15, 0.2) is 36.7 Å². The minimum absolute atomic E-state index is 0.142. The van der Waals surface area contributed by atoms with Gasteiger partial charge in [0, 0.05) is 41.1 Å². The van der Waals surface area contributed by atoms with Crippen LogP contribution in [0, 0.1) is 0 Å². The Bertz CT molecular complexity index is 882. The zero-order valence-electron chi connectivity index (χ0n) is 12.5. The molecule has 0 saturated heterocycles. The molecule has 0 unspecified atom stereocenters. The van der Waals surface area contributed by atoms with Gasteiger partial charge < -0.3 is 5.32 Å². The van der Waals surface area contributed by atoms with Gasteiger partial charge >= 0.3 is 0 Å². The van der Waals surface area contributed by atoms with Gasteiger partial charge in [-0.05, 0) is 12.1 Å². The summed E-state index contributed by atoms with van der Waals surface area (Å²) >= 11 is 18.3. The molecule has 0 radical (unpaired) electrons. The molecule has 2 aromatic heterocycles. The van der Waals surface area contributed by atoms with Gasteiger partial charge in [0.25, 0.3) is 5.91 Å². The Hall–Kier alpha value is -2.02. The summed E-state index contributed by atoms with van der Waals surface area (Å²) < 4.78 is 3.10. The van der Waals surface area contributed by atoms with Gasteiger partial charge in [-0.1, -0.05) is 40.9 Å². The maximum Gasteiger partial charge on any atom is 0.278 e. The van der Waals surface area contributed by atoms with E-state index in [2.05, 4.69) is 15.5 Å². The molecule has 0 saturated carbocycles. The van der Waals surface area contributed by atoms with Crippen LogP contribution in [0.25, 0.3) is 0 Å². The third-order valence-corrected chi connectivity index (χ3v) is 4.25. The number of amides is 1. The van der Waals surface area contributed by atoms with Crippen LogP contribution < -0.4 is 5.32 Å². The zero-order chi connectivity index (χ0) is 17.3. The SMILES string of the molecule is Cn1cc(Cl)c(C(=O)Nc2ccn(Cc3c(Cl)cccc3Cl)n2)n1. The second-order valence-electron chi connectivity index (χ2n) is 5.05.